The van der Waals surface area contributed by atoms with Crippen LogP contribution in [0.2, 0.25) is 0 Å². The molecular weight excluding hydrogens is 410 g/mol. The minimum absolute atomic E-state index is 0.0844. The molecule has 0 unspecified atom stereocenters. The van der Waals surface area contributed by atoms with Crippen LogP contribution in [0.25, 0.3) is 0 Å². The van der Waals surface area contributed by atoms with E-state index in [4.69, 9.17) is 5.73 Å². The smallest absolute Gasteiger partial charge is 0.422 e. The molecule has 5 nitrogen and oxygen atoms in total. The van der Waals surface area contributed by atoms with Crippen LogP contribution in [0.3, 0.4) is 0 Å². The van der Waals surface area contributed by atoms with Gasteiger partial charge in [-0.05, 0) is 23.8 Å². The summed E-state index contributed by atoms with van der Waals surface area (Å²) in [5.41, 5.74) is 5.52. The van der Waals surface area contributed by atoms with Crippen molar-refractivity contribution in [3.63, 3.8) is 0 Å². The number of primary amides is 1. The highest BCUT2D eigenvalue weighted by atomic mass is 79.9. The molecule has 1 aromatic heterocycles. The Kier molecular flexibility index (Phi) is 5.83. The standard InChI is InChI=1S/C15H12BrF4N3O2/c16-9-4-10(17)13(14(21)24)11(5-9)23-6-8-1-2-22-12(3-8)25-7-15(18,19)20/h1-5,23H,6-7H2,(H2,21,24). The number of rotatable bonds is 6. The molecule has 2 rings (SSSR count). The van der Waals surface area contributed by atoms with Gasteiger partial charge in [0, 0.05) is 23.3 Å². The number of alkyl halides is 3. The van der Waals surface area contributed by atoms with E-state index in [-0.39, 0.29) is 23.7 Å². The van der Waals surface area contributed by atoms with Crippen molar-refractivity contribution in [1.29, 1.82) is 0 Å². The maximum atomic E-state index is 13.9. The molecule has 1 heterocycles. The van der Waals surface area contributed by atoms with Gasteiger partial charge in [-0.25, -0.2) is 9.37 Å². The summed E-state index contributed by atoms with van der Waals surface area (Å²) in [6, 6.07) is 5.40. The number of benzene rings is 1. The number of aromatic nitrogens is 1. The van der Waals surface area contributed by atoms with Crippen molar-refractivity contribution < 1.29 is 27.1 Å². The highest BCUT2D eigenvalue weighted by Crippen LogP contribution is 2.25. The molecule has 3 N–H and O–H groups in total. The van der Waals surface area contributed by atoms with Gasteiger partial charge in [0.15, 0.2) is 6.61 Å². The summed E-state index contributed by atoms with van der Waals surface area (Å²) in [4.78, 5) is 15.1. The molecule has 2 aromatic rings. The first-order valence-electron chi connectivity index (χ1n) is 6.83. The Labute approximate surface area is 148 Å². The fourth-order valence-corrected chi connectivity index (χ4v) is 2.39. The Bertz CT molecular complexity index is 784. The zero-order valence-corrected chi connectivity index (χ0v) is 14.1. The van der Waals surface area contributed by atoms with Gasteiger partial charge in [-0.2, -0.15) is 13.2 Å². The summed E-state index contributed by atoms with van der Waals surface area (Å²) in [6.07, 6.45) is -3.20. The summed E-state index contributed by atoms with van der Waals surface area (Å²) >= 11 is 3.10. The molecule has 134 valence electrons. The second-order valence-electron chi connectivity index (χ2n) is 4.93. The molecule has 0 aliphatic carbocycles. The number of anilines is 1. The first kappa shape index (κ1) is 19.0. The number of carbonyl (C=O) groups excluding carboxylic acids is 1. The maximum Gasteiger partial charge on any atom is 0.422 e. The van der Waals surface area contributed by atoms with Crippen molar-refractivity contribution in [1.82, 2.24) is 4.98 Å². The molecule has 1 aromatic carbocycles. The largest absolute Gasteiger partial charge is 0.468 e. The first-order valence-corrected chi connectivity index (χ1v) is 7.62. The summed E-state index contributed by atoms with van der Waals surface area (Å²) < 4.78 is 55.3. The number of nitrogens with zero attached hydrogens (tertiary/aromatic N) is 1. The minimum atomic E-state index is -4.47. The van der Waals surface area contributed by atoms with Crippen molar-refractivity contribution >= 4 is 27.5 Å². The predicted molar refractivity (Wildman–Crippen MR) is 85.7 cm³/mol. The van der Waals surface area contributed by atoms with Crippen LogP contribution in [0, 0.1) is 5.82 Å². The lowest BCUT2D eigenvalue weighted by molar-refractivity contribution is -0.154. The van der Waals surface area contributed by atoms with E-state index in [9.17, 15) is 22.4 Å². The van der Waals surface area contributed by atoms with Crippen LogP contribution in [0.1, 0.15) is 15.9 Å². The zero-order valence-electron chi connectivity index (χ0n) is 12.5. The van der Waals surface area contributed by atoms with E-state index < -0.39 is 24.5 Å². The number of amides is 1. The molecule has 25 heavy (non-hydrogen) atoms. The number of pyridine rings is 1. The molecule has 1 amide bonds. The third-order valence-electron chi connectivity index (χ3n) is 2.97. The molecule has 0 fully saturated rings. The number of hydrogen-bond acceptors (Lipinski definition) is 4. The SMILES string of the molecule is NC(=O)c1c(F)cc(Br)cc1NCc1ccnc(OCC(F)(F)F)c1. The van der Waals surface area contributed by atoms with Crippen LogP contribution in [-0.4, -0.2) is 23.7 Å². The number of nitrogens with two attached hydrogens (primary N) is 1. The molecule has 10 heteroatoms. The van der Waals surface area contributed by atoms with Crippen molar-refractivity contribution in [3.8, 4) is 5.88 Å². The second kappa shape index (κ2) is 7.68. The van der Waals surface area contributed by atoms with Crippen LogP contribution < -0.4 is 15.8 Å². The van der Waals surface area contributed by atoms with Gasteiger partial charge in [-0.3, -0.25) is 4.79 Å². The number of carbonyl (C=O) groups is 1. The second-order valence-corrected chi connectivity index (χ2v) is 5.85. The molecule has 0 saturated carbocycles. The lowest BCUT2D eigenvalue weighted by Gasteiger charge is -2.13. The highest BCUT2D eigenvalue weighted by Gasteiger charge is 2.28. The van der Waals surface area contributed by atoms with Gasteiger partial charge in [0.1, 0.15) is 5.82 Å². The Morgan fingerprint density at radius 2 is 2.04 bits per heavy atom. The Balaban J connectivity index is 2.13. The van der Waals surface area contributed by atoms with E-state index >= 15 is 0 Å². The summed E-state index contributed by atoms with van der Waals surface area (Å²) in [6.45, 7) is -1.37. The van der Waals surface area contributed by atoms with E-state index in [1.807, 2.05) is 0 Å². The normalized spacial score (nSPS) is 11.2. The van der Waals surface area contributed by atoms with Crippen molar-refractivity contribution in [2.45, 2.75) is 12.7 Å². The Morgan fingerprint density at radius 1 is 1.32 bits per heavy atom. The number of hydrogen-bond donors (Lipinski definition) is 2. The van der Waals surface area contributed by atoms with Crippen molar-refractivity contribution in [3.05, 3.63) is 51.9 Å². The molecule has 0 radical (unpaired) electrons. The maximum absolute atomic E-state index is 13.9. The van der Waals surface area contributed by atoms with Gasteiger partial charge in [-0.15, -0.1) is 0 Å². The molecule has 0 bridgehead atoms. The van der Waals surface area contributed by atoms with E-state index in [0.717, 1.165) is 6.07 Å². The van der Waals surface area contributed by atoms with Gasteiger partial charge in [-0.1, -0.05) is 15.9 Å². The summed E-state index contributed by atoms with van der Waals surface area (Å²) in [5, 5.41) is 2.82. The lowest BCUT2D eigenvalue weighted by Crippen LogP contribution is -2.19. The molecular formula is C15H12BrF4N3O2. The van der Waals surface area contributed by atoms with Crippen LogP contribution in [0.15, 0.2) is 34.9 Å². The number of nitrogens with one attached hydrogen (secondary N) is 1. The predicted octanol–water partition coefficient (Wildman–Crippen LogP) is 3.64. The third kappa shape index (κ3) is 5.59. The molecule has 0 spiro atoms. The fraction of sp³-hybridized carbons (Fsp3) is 0.200. The molecule has 0 atom stereocenters. The van der Waals surface area contributed by atoms with E-state index in [1.165, 1.54) is 24.4 Å². The fourth-order valence-electron chi connectivity index (χ4n) is 1.96. The van der Waals surface area contributed by atoms with Crippen LogP contribution in [0.5, 0.6) is 5.88 Å². The minimum Gasteiger partial charge on any atom is -0.468 e. The first-order chi connectivity index (χ1) is 11.7. The molecule has 0 aliphatic rings. The van der Waals surface area contributed by atoms with Gasteiger partial charge < -0.3 is 15.8 Å². The summed E-state index contributed by atoms with van der Waals surface area (Å²) in [5.74, 6) is -1.95. The van der Waals surface area contributed by atoms with E-state index in [1.54, 1.807) is 0 Å². The van der Waals surface area contributed by atoms with Gasteiger partial charge in [0.05, 0.1) is 11.3 Å². The average molecular weight is 422 g/mol. The Hall–Kier alpha value is -2.36. The van der Waals surface area contributed by atoms with Crippen molar-refractivity contribution in [2.75, 3.05) is 11.9 Å². The van der Waals surface area contributed by atoms with Crippen LogP contribution in [0.4, 0.5) is 23.2 Å². The zero-order chi connectivity index (χ0) is 18.6. The van der Waals surface area contributed by atoms with E-state index in [2.05, 4.69) is 31.0 Å². The average Bonchev–Trinajstić information content (AvgIpc) is 2.49. The lowest BCUT2D eigenvalue weighted by atomic mass is 10.1. The van der Waals surface area contributed by atoms with Crippen LogP contribution in [-0.2, 0) is 6.54 Å². The van der Waals surface area contributed by atoms with Gasteiger partial charge in [0.25, 0.3) is 5.91 Å². The van der Waals surface area contributed by atoms with Gasteiger partial charge >= 0.3 is 6.18 Å². The monoisotopic (exact) mass is 421 g/mol. The summed E-state index contributed by atoms with van der Waals surface area (Å²) in [7, 11) is 0. The number of ether oxygens (including phenoxy) is 1. The molecule has 0 saturated heterocycles. The third-order valence-corrected chi connectivity index (χ3v) is 3.43. The quantitative estimate of drug-likeness (QED) is 0.698. The topological polar surface area (TPSA) is 77.2 Å². The number of halogens is 5. The van der Waals surface area contributed by atoms with Crippen LogP contribution >= 0.6 is 15.9 Å². The van der Waals surface area contributed by atoms with Gasteiger partial charge in [0.2, 0.25) is 5.88 Å². The Morgan fingerprint density at radius 3 is 2.68 bits per heavy atom. The van der Waals surface area contributed by atoms with Crippen molar-refractivity contribution in [2.24, 2.45) is 5.73 Å². The highest BCUT2D eigenvalue weighted by molar-refractivity contribution is 9.10. The van der Waals surface area contributed by atoms with E-state index in [0.29, 0.717) is 10.0 Å². The molecule has 0 aliphatic heterocycles.